The average Bonchev–Trinajstić information content (AvgIpc) is 2.42. The molecule has 0 bridgehead atoms. The summed E-state index contributed by atoms with van der Waals surface area (Å²) in [6.07, 6.45) is 11.4. The minimum atomic E-state index is 0.660. The molecule has 0 atom stereocenters. The van der Waals surface area contributed by atoms with Gasteiger partial charge >= 0.3 is 0 Å². The van der Waals surface area contributed by atoms with Gasteiger partial charge in [0.25, 0.3) is 0 Å². The molecule has 0 aromatic heterocycles. The summed E-state index contributed by atoms with van der Waals surface area (Å²) in [5.74, 6) is 0. The van der Waals surface area contributed by atoms with Crippen molar-refractivity contribution >= 4 is 6.08 Å². The highest BCUT2D eigenvalue weighted by Crippen LogP contribution is 2.12. The summed E-state index contributed by atoms with van der Waals surface area (Å²) < 4.78 is 0. The zero-order chi connectivity index (χ0) is 13.1. The van der Waals surface area contributed by atoms with Gasteiger partial charge in [-0.1, -0.05) is 61.1 Å². The van der Waals surface area contributed by atoms with Crippen molar-refractivity contribution < 1.29 is 0 Å². The van der Waals surface area contributed by atoms with E-state index >= 15 is 0 Å². The van der Waals surface area contributed by atoms with E-state index in [2.05, 4.69) is 55.5 Å². The van der Waals surface area contributed by atoms with E-state index in [0.717, 1.165) is 25.7 Å². The van der Waals surface area contributed by atoms with Crippen LogP contribution in [0.15, 0.2) is 48.1 Å². The first kappa shape index (κ1) is 14.3. The topological polar surface area (TPSA) is 23.8 Å². The average molecular weight is 239 g/mol. The molecule has 94 valence electrons. The molecule has 1 aromatic carbocycles. The van der Waals surface area contributed by atoms with Crippen LogP contribution in [0.25, 0.3) is 6.08 Å². The molecule has 0 unspecified atom stereocenters. The van der Waals surface area contributed by atoms with Crippen LogP contribution in [0.4, 0.5) is 0 Å². The molecule has 0 radical (unpaired) electrons. The Bertz CT molecular complexity index is 421. The number of allylic oxidation sites excluding steroid dienone is 3. The minimum Gasteiger partial charge on any atom is -0.198 e. The lowest BCUT2D eigenvalue weighted by Gasteiger charge is -2.00. The highest BCUT2D eigenvalue weighted by molar-refractivity contribution is 5.49. The Labute approximate surface area is 110 Å². The molecule has 18 heavy (non-hydrogen) atoms. The van der Waals surface area contributed by atoms with Gasteiger partial charge < -0.3 is 0 Å². The molecule has 0 heterocycles. The third-order valence-electron chi connectivity index (χ3n) is 2.87. The normalized spacial score (nSPS) is 11.7. The van der Waals surface area contributed by atoms with E-state index in [-0.39, 0.29) is 0 Å². The molecule has 0 amide bonds. The van der Waals surface area contributed by atoms with Gasteiger partial charge in [0, 0.05) is 6.42 Å². The third kappa shape index (κ3) is 6.06. The lowest BCUT2D eigenvalue weighted by atomic mass is 10.1. The van der Waals surface area contributed by atoms with Gasteiger partial charge in [-0.2, -0.15) is 5.26 Å². The maximum absolute atomic E-state index is 8.47. The highest BCUT2D eigenvalue weighted by atomic mass is 14.2. The molecule has 0 N–H and O–H groups in total. The van der Waals surface area contributed by atoms with Gasteiger partial charge in [0.1, 0.15) is 0 Å². The quantitative estimate of drug-likeness (QED) is 0.478. The first-order valence-electron chi connectivity index (χ1n) is 6.63. The molecular weight excluding hydrogens is 218 g/mol. The molecule has 1 rings (SSSR count). The van der Waals surface area contributed by atoms with Crippen LogP contribution in [-0.2, 0) is 0 Å². The van der Waals surface area contributed by atoms with E-state index in [9.17, 15) is 0 Å². The second-order valence-corrected chi connectivity index (χ2v) is 4.28. The fourth-order valence-electron chi connectivity index (χ4n) is 1.77. The Morgan fingerprint density at radius 2 is 2.06 bits per heavy atom. The number of nitriles is 1. The van der Waals surface area contributed by atoms with Crippen LogP contribution >= 0.6 is 0 Å². The maximum Gasteiger partial charge on any atom is 0.0621 e. The van der Waals surface area contributed by atoms with E-state index < -0.39 is 0 Å². The lowest BCUT2D eigenvalue weighted by Crippen LogP contribution is -1.80. The number of unbranched alkanes of at least 4 members (excludes halogenated alkanes) is 2. The van der Waals surface area contributed by atoms with Crippen molar-refractivity contribution in [2.75, 3.05) is 0 Å². The van der Waals surface area contributed by atoms with Crippen LogP contribution in [0.1, 0.15) is 44.6 Å². The number of rotatable bonds is 7. The van der Waals surface area contributed by atoms with Crippen molar-refractivity contribution in [3.8, 4) is 6.07 Å². The van der Waals surface area contributed by atoms with Crippen LogP contribution < -0.4 is 0 Å². The van der Waals surface area contributed by atoms with Crippen molar-refractivity contribution in [2.24, 2.45) is 0 Å². The summed E-state index contributed by atoms with van der Waals surface area (Å²) in [7, 11) is 0. The van der Waals surface area contributed by atoms with E-state index in [1.54, 1.807) is 0 Å². The predicted octanol–water partition coefficient (Wildman–Crippen LogP) is 5.12. The Morgan fingerprint density at radius 1 is 1.28 bits per heavy atom. The Kier molecular flexibility index (Phi) is 7.32. The molecule has 1 nitrogen and oxygen atoms in total. The monoisotopic (exact) mass is 239 g/mol. The first-order valence-corrected chi connectivity index (χ1v) is 6.63. The predicted molar refractivity (Wildman–Crippen MR) is 77.9 cm³/mol. The van der Waals surface area contributed by atoms with Gasteiger partial charge in [-0.15, -0.1) is 0 Å². The first-order chi connectivity index (χ1) is 8.86. The van der Waals surface area contributed by atoms with E-state index in [1.807, 2.05) is 6.07 Å². The molecule has 1 aromatic rings. The summed E-state index contributed by atoms with van der Waals surface area (Å²) in [6.45, 7) is 2.19. The van der Waals surface area contributed by atoms with Gasteiger partial charge in [0.05, 0.1) is 6.07 Å². The van der Waals surface area contributed by atoms with Crippen molar-refractivity contribution in [2.45, 2.75) is 39.0 Å². The van der Waals surface area contributed by atoms with Crippen LogP contribution in [0.5, 0.6) is 0 Å². The smallest absolute Gasteiger partial charge is 0.0621 e. The second-order valence-electron chi connectivity index (χ2n) is 4.28. The summed E-state index contributed by atoms with van der Waals surface area (Å²) in [5.41, 5.74) is 2.71. The number of hydrogen-bond donors (Lipinski definition) is 0. The van der Waals surface area contributed by atoms with E-state index in [4.69, 9.17) is 5.26 Å². The van der Waals surface area contributed by atoms with Crippen LogP contribution in [-0.4, -0.2) is 0 Å². The SMILES string of the molecule is CC/C(=C\CCCC#N)C/C=C/c1ccccc1. The maximum atomic E-state index is 8.47. The zero-order valence-corrected chi connectivity index (χ0v) is 11.1. The molecule has 0 fully saturated rings. The largest absolute Gasteiger partial charge is 0.198 e. The van der Waals surface area contributed by atoms with Gasteiger partial charge in [-0.05, 0) is 31.2 Å². The van der Waals surface area contributed by atoms with Gasteiger partial charge in [-0.3, -0.25) is 0 Å². The Morgan fingerprint density at radius 3 is 2.72 bits per heavy atom. The van der Waals surface area contributed by atoms with Crippen LogP contribution in [0.3, 0.4) is 0 Å². The third-order valence-corrected chi connectivity index (χ3v) is 2.87. The minimum absolute atomic E-state index is 0.660. The summed E-state index contributed by atoms with van der Waals surface area (Å²) in [6, 6.07) is 12.5. The number of hydrogen-bond acceptors (Lipinski definition) is 1. The molecule has 0 spiro atoms. The van der Waals surface area contributed by atoms with Crippen molar-refractivity contribution in [3.63, 3.8) is 0 Å². The van der Waals surface area contributed by atoms with E-state index in [1.165, 1.54) is 11.1 Å². The highest BCUT2D eigenvalue weighted by Gasteiger charge is 1.92. The van der Waals surface area contributed by atoms with Gasteiger partial charge in [0.2, 0.25) is 0 Å². The molecule has 0 aliphatic heterocycles. The summed E-state index contributed by atoms with van der Waals surface area (Å²) >= 11 is 0. The molecule has 0 saturated heterocycles. The molecule has 0 saturated carbocycles. The Balaban J connectivity index is 2.40. The zero-order valence-electron chi connectivity index (χ0n) is 11.1. The van der Waals surface area contributed by atoms with Crippen molar-refractivity contribution in [1.82, 2.24) is 0 Å². The lowest BCUT2D eigenvalue weighted by molar-refractivity contribution is 0.858. The van der Waals surface area contributed by atoms with Crippen LogP contribution in [0, 0.1) is 11.3 Å². The number of benzene rings is 1. The number of nitrogens with zero attached hydrogens (tertiary/aromatic N) is 1. The fourth-order valence-corrected chi connectivity index (χ4v) is 1.77. The second kappa shape index (κ2) is 9.24. The molecule has 0 aliphatic carbocycles. The van der Waals surface area contributed by atoms with Gasteiger partial charge in [-0.25, -0.2) is 0 Å². The van der Waals surface area contributed by atoms with Gasteiger partial charge in [0.15, 0.2) is 0 Å². The van der Waals surface area contributed by atoms with Crippen molar-refractivity contribution in [3.05, 3.63) is 53.6 Å². The summed E-state index contributed by atoms with van der Waals surface area (Å²) in [5, 5.41) is 8.47. The summed E-state index contributed by atoms with van der Waals surface area (Å²) in [4.78, 5) is 0. The van der Waals surface area contributed by atoms with Crippen LogP contribution in [0.2, 0.25) is 0 Å². The van der Waals surface area contributed by atoms with E-state index in [0.29, 0.717) is 6.42 Å². The van der Waals surface area contributed by atoms with Crippen molar-refractivity contribution in [1.29, 1.82) is 5.26 Å². The Hall–Kier alpha value is -1.81. The fraction of sp³-hybridized carbons (Fsp3) is 0.353. The molecule has 1 heteroatoms. The molecule has 0 aliphatic rings. The molecular formula is C17H21N. The standard InChI is InChI=1S/C17H21N/c1-2-16(10-7-4-8-15-18)13-9-14-17-11-5-3-6-12-17/h3,5-6,9-12,14H,2,4,7-8,13H2,1H3/b14-9+,16-10+.